The predicted octanol–water partition coefficient (Wildman–Crippen LogP) is 1.47. The number of carboxylic acid groups (broad SMARTS) is 1. The Bertz CT molecular complexity index is 263. The van der Waals surface area contributed by atoms with Crippen molar-refractivity contribution in [2.45, 2.75) is 12.3 Å². The molecule has 1 aliphatic carbocycles. The lowest BCUT2D eigenvalue weighted by atomic mass is 10.2. The fraction of sp³-hybridized carbons (Fsp3) is 0.375. The van der Waals surface area contributed by atoms with Gasteiger partial charge in [0.25, 0.3) is 0 Å². The van der Waals surface area contributed by atoms with Gasteiger partial charge in [-0.3, -0.25) is 4.79 Å². The normalized spacial score (nSPS) is 28.4. The highest BCUT2D eigenvalue weighted by molar-refractivity contribution is 5.74. The quantitative estimate of drug-likeness (QED) is 0.698. The molecule has 1 fully saturated rings. The molecule has 0 saturated heterocycles. The van der Waals surface area contributed by atoms with Crippen LogP contribution in [0.25, 0.3) is 0 Å². The molecule has 0 aromatic carbocycles. The zero-order valence-electron chi connectivity index (χ0n) is 5.86. The molecule has 0 unspecified atom stereocenters. The average molecular weight is 152 g/mol. The van der Waals surface area contributed by atoms with E-state index >= 15 is 0 Å². The minimum absolute atomic E-state index is 0.127. The minimum atomic E-state index is -0.716. The summed E-state index contributed by atoms with van der Waals surface area (Å²) < 4.78 is 5.07. The number of hydrogen-bond acceptors (Lipinski definition) is 2. The molecule has 0 radical (unpaired) electrons. The second kappa shape index (κ2) is 2.12. The van der Waals surface area contributed by atoms with Gasteiger partial charge in [0.1, 0.15) is 5.76 Å². The maximum atomic E-state index is 10.4. The minimum Gasteiger partial charge on any atom is -0.481 e. The van der Waals surface area contributed by atoms with Crippen LogP contribution in [0.4, 0.5) is 0 Å². The lowest BCUT2D eigenvalue weighted by Gasteiger charge is -1.88. The largest absolute Gasteiger partial charge is 0.481 e. The van der Waals surface area contributed by atoms with E-state index in [9.17, 15) is 4.79 Å². The first kappa shape index (κ1) is 6.46. The molecule has 0 bridgehead atoms. The van der Waals surface area contributed by atoms with Crippen molar-refractivity contribution in [1.29, 1.82) is 0 Å². The zero-order valence-corrected chi connectivity index (χ0v) is 5.86. The molecule has 1 aliphatic rings. The fourth-order valence-electron chi connectivity index (χ4n) is 1.28. The summed E-state index contributed by atoms with van der Waals surface area (Å²) >= 11 is 0. The lowest BCUT2D eigenvalue weighted by Crippen LogP contribution is -1.98. The molecule has 0 amide bonds. The van der Waals surface area contributed by atoms with Crippen LogP contribution in [-0.4, -0.2) is 11.1 Å². The van der Waals surface area contributed by atoms with Crippen LogP contribution >= 0.6 is 0 Å². The standard InChI is InChI=1S/C8H8O3/c9-8(10)6-4-5(6)7-2-1-3-11-7/h1-3,5-6H,4H2,(H,9,10)/t5-,6-/m1/s1. The van der Waals surface area contributed by atoms with E-state index in [1.165, 1.54) is 0 Å². The van der Waals surface area contributed by atoms with Gasteiger partial charge in [-0.1, -0.05) is 0 Å². The third-order valence-electron chi connectivity index (χ3n) is 2.02. The van der Waals surface area contributed by atoms with Gasteiger partial charge in [0, 0.05) is 5.92 Å². The van der Waals surface area contributed by atoms with Crippen LogP contribution in [0.1, 0.15) is 18.1 Å². The van der Waals surface area contributed by atoms with Crippen molar-refractivity contribution in [3.05, 3.63) is 24.2 Å². The van der Waals surface area contributed by atoms with Gasteiger partial charge in [-0.05, 0) is 18.6 Å². The van der Waals surface area contributed by atoms with Gasteiger partial charge in [-0.25, -0.2) is 0 Å². The molecule has 1 N–H and O–H groups in total. The van der Waals surface area contributed by atoms with Crippen molar-refractivity contribution in [3.63, 3.8) is 0 Å². The van der Waals surface area contributed by atoms with Crippen LogP contribution in [-0.2, 0) is 4.79 Å². The Labute approximate surface area is 63.6 Å². The zero-order chi connectivity index (χ0) is 7.84. The summed E-state index contributed by atoms with van der Waals surface area (Å²) in [6.07, 6.45) is 2.30. The molecule has 2 atom stereocenters. The van der Waals surface area contributed by atoms with Crippen molar-refractivity contribution in [2.75, 3.05) is 0 Å². The maximum Gasteiger partial charge on any atom is 0.307 e. The summed E-state index contributed by atoms with van der Waals surface area (Å²) in [4.78, 5) is 10.4. The average Bonchev–Trinajstić information content (AvgIpc) is 2.60. The molecule has 1 saturated carbocycles. The highest BCUT2D eigenvalue weighted by atomic mass is 16.4. The Kier molecular flexibility index (Phi) is 1.24. The molecule has 1 heterocycles. The van der Waals surface area contributed by atoms with Gasteiger partial charge in [0.2, 0.25) is 0 Å². The molecule has 2 rings (SSSR count). The van der Waals surface area contributed by atoms with Gasteiger partial charge in [-0.2, -0.15) is 0 Å². The van der Waals surface area contributed by atoms with Crippen LogP contribution in [0.3, 0.4) is 0 Å². The highest BCUT2D eigenvalue weighted by Gasteiger charge is 2.45. The molecule has 11 heavy (non-hydrogen) atoms. The van der Waals surface area contributed by atoms with E-state index in [1.807, 2.05) is 6.07 Å². The van der Waals surface area contributed by atoms with Crippen molar-refractivity contribution in [1.82, 2.24) is 0 Å². The van der Waals surface area contributed by atoms with Gasteiger partial charge < -0.3 is 9.52 Å². The summed E-state index contributed by atoms with van der Waals surface area (Å²) in [5.74, 6) is 0.00690. The third-order valence-corrected chi connectivity index (χ3v) is 2.02. The van der Waals surface area contributed by atoms with E-state index in [4.69, 9.17) is 9.52 Å². The first-order valence-electron chi connectivity index (χ1n) is 3.55. The Morgan fingerprint density at radius 2 is 2.55 bits per heavy atom. The molecule has 1 aromatic heterocycles. The summed E-state index contributed by atoms with van der Waals surface area (Å²) in [5.41, 5.74) is 0. The first-order chi connectivity index (χ1) is 5.29. The highest BCUT2D eigenvalue weighted by Crippen LogP contribution is 2.47. The summed E-state index contributed by atoms with van der Waals surface area (Å²) in [6.45, 7) is 0. The van der Waals surface area contributed by atoms with E-state index in [-0.39, 0.29) is 11.8 Å². The predicted molar refractivity (Wildman–Crippen MR) is 37.2 cm³/mol. The monoisotopic (exact) mass is 152 g/mol. The Hall–Kier alpha value is -1.25. The molecule has 0 aliphatic heterocycles. The molecule has 0 spiro atoms. The fourth-order valence-corrected chi connectivity index (χ4v) is 1.28. The Balaban J connectivity index is 2.08. The smallest absolute Gasteiger partial charge is 0.307 e. The molecule has 3 heteroatoms. The second-order valence-electron chi connectivity index (χ2n) is 2.80. The summed E-state index contributed by atoms with van der Waals surface area (Å²) in [7, 11) is 0. The third kappa shape index (κ3) is 1.02. The first-order valence-corrected chi connectivity index (χ1v) is 3.55. The number of rotatable bonds is 2. The maximum absolute atomic E-state index is 10.4. The van der Waals surface area contributed by atoms with Gasteiger partial charge in [0.05, 0.1) is 12.2 Å². The molecular weight excluding hydrogens is 144 g/mol. The van der Waals surface area contributed by atoms with E-state index in [2.05, 4.69) is 0 Å². The van der Waals surface area contributed by atoms with Crippen LogP contribution < -0.4 is 0 Å². The Morgan fingerprint density at radius 1 is 1.73 bits per heavy atom. The second-order valence-corrected chi connectivity index (χ2v) is 2.80. The van der Waals surface area contributed by atoms with Crippen LogP contribution in [0.5, 0.6) is 0 Å². The SMILES string of the molecule is O=C(O)[C@@H]1C[C@H]1c1ccco1. The summed E-state index contributed by atoms with van der Waals surface area (Å²) in [6, 6.07) is 3.61. The van der Waals surface area contributed by atoms with Gasteiger partial charge in [-0.15, -0.1) is 0 Å². The number of aliphatic carboxylic acids is 1. The molecule has 3 nitrogen and oxygen atoms in total. The molecular formula is C8H8O3. The number of hydrogen-bond donors (Lipinski definition) is 1. The van der Waals surface area contributed by atoms with Crippen molar-refractivity contribution < 1.29 is 14.3 Å². The lowest BCUT2D eigenvalue weighted by molar-refractivity contribution is -0.138. The van der Waals surface area contributed by atoms with Crippen molar-refractivity contribution >= 4 is 5.97 Å². The molecule has 1 aromatic rings. The van der Waals surface area contributed by atoms with E-state index in [0.717, 1.165) is 12.2 Å². The number of furan rings is 1. The van der Waals surface area contributed by atoms with Crippen LogP contribution in [0.15, 0.2) is 22.8 Å². The Morgan fingerprint density at radius 3 is 3.00 bits per heavy atom. The van der Waals surface area contributed by atoms with Gasteiger partial charge in [0.15, 0.2) is 0 Å². The van der Waals surface area contributed by atoms with E-state index in [1.54, 1.807) is 12.3 Å². The van der Waals surface area contributed by atoms with Crippen LogP contribution in [0, 0.1) is 5.92 Å². The topological polar surface area (TPSA) is 50.4 Å². The van der Waals surface area contributed by atoms with Crippen LogP contribution in [0.2, 0.25) is 0 Å². The van der Waals surface area contributed by atoms with E-state index in [0.29, 0.717) is 0 Å². The molecule has 58 valence electrons. The van der Waals surface area contributed by atoms with Gasteiger partial charge >= 0.3 is 5.97 Å². The van der Waals surface area contributed by atoms with Crippen molar-refractivity contribution in [3.8, 4) is 0 Å². The summed E-state index contributed by atoms with van der Waals surface area (Å²) in [5, 5.41) is 8.58. The van der Waals surface area contributed by atoms with E-state index < -0.39 is 5.97 Å². The number of carbonyl (C=O) groups is 1. The van der Waals surface area contributed by atoms with Crippen molar-refractivity contribution in [2.24, 2.45) is 5.92 Å². The number of carboxylic acids is 1.